The molecule has 0 saturated carbocycles. The molecule has 100 valence electrons. The fourth-order valence-corrected chi connectivity index (χ4v) is 2.86. The van der Waals surface area contributed by atoms with E-state index < -0.39 is 4.92 Å². The van der Waals surface area contributed by atoms with Crippen molar-refractivity contribution in [1.29, 1.82) is 0 Å². The lowest BCUT2D eigenvalue weighted by molar-refractivity contribution is -0.384. The second-order valence-electron chi connectivity index (χ2n) is 4.14. The van der Waals surface area contributed by atoms with Crippen molar-refractivity contribution < 1.29 is 4.92 Å². The molecule has 0 atom stereocenters. The number of nitro benzene ring substituents is 1. The second-order valence-corrected chi connectivity index (χ2v) is 5.44. The highest BCUT2D eigenvalue weighted by molar-refractivity contribution is 7.09. The highest BCUT2D eigenvalue weighted by Gasteiger charge is 2.13. The van der Waals surface area contributed by atoms with Crippen molar-refractivity contribution in [1.82, 2.24) is 0 Å². The molecule has 0 fully saturated rings. The van der Waals surface area contributed by atoms with Gasteiger partial charge in [0.15, 0.2) is 0 Å². The number of thiophene rings is 1. The highest BCUT2D eigenvalue weighted by atomic mass is 35.5. The van der Waals surface area contributed by atoms with Crippen LogP contribution < -0.4 is 4.90 Å². The molecule has 0 amide bonds. The first kappa shape index (κ1) is 13.8. The lowest BCUT2D eigenvalue weighted by Gasteiger charge is -2.21. The van der Waals surface area contributed by atoms with Crippen LogP contribution in [0.1, 0.15) is 10.4 Å². The van der Waals surface area contributed by atoms with Crippen LogP contribution in [0.2, 0.25) is 0 Å². The first-order valence-corrected chi connectivity index (χ1v) is 7.10. The Balaban J connectivity index is 2.25. The van der Waals surface area contributed by atoms with Gasteiger partial charge in [-0.1, -0.05) is 6.07 Å². The smallest absolute Gasteiger partial charge is 0.269 e. The molecule has 0 unspecified atom stereocenters. The third-order valence-corrected chi connectivity index (χ3v) is 3.95. The van der Waals surface area contributed by atoms with Gasteiger partial charge in [-0.25, -0.2) is 0 Å². The maximum absolute atomic E-state index is 10.8. The number of anilines is 1. The van der Waals surface area contributed by atoms with Crippen molar-refractivity contribution in [2.45, 2.75) is 12.4 Å². The van der Waals surface area contributed by atoms with Crippen LogP contribution >= 0.6 is 22.9 Å². The van der Waals surface area contributed by atoms with Gasteiger partial charge < -0.3 is 4.90 Å². The molecular formula is C13H13ClN2O2S. The number of rotatable bonds is 5. The Bertz CT molecular complexity index is 572. The zero-order valence-corrected chi connectivity index (χ0v) is 11.9. The zero-order valence-electron chi connectivity index (χ0n) is 10.4. The quantitative estimate of drug-likeness (QED) is 0.475. The molecule has 0 aliphatic carbocycles. The average Bonchev–Trinajstić information content (AvgIpc) is 2.90. The first-order chi connectivity index (χ1) is 9.11. The van der Waals surface area contributed by atoms with Gasteiger partial charge in [0.05, 0.1) is 11.5 Å². The number of alkyl halides is 1. The van der Waals surface area contributed by atoms with Gasteiger partial charge >= 0.3 is 0 Å². The van der Waals surface area contributed by atoms with E-state index in [1.807, 2.05) is 23.4 Å². The maximum Gasteiger partial charge on any atom is 0.269 e. The molecule has 0 N–H and O–H groups in total. The van der Waals surface area contributed by atoms with Crippen LogP contribution in [-0.2, 0) is 12.4 Å². The van der Waals surface area contributed by atoms with Gasteiger partial charge in [-0.2, -0.15) is 0 Å². The predicted molar refractivity (Wildman–Crippen MR) is 79.1 cm³/mol. The van der Waals surface area contributed by atoms with Crippen molar-refractivity contribution in [3.05, 3.63) is 56.3 Å². The topological polar surface area (TPSA) is 46.4 Å². The Kier molecular flexibility index (Phi) is 4.39. The molecule has 6 heteroatoms. The van der Waals surface area contributed by atoms with Crippen LogP contribution in [-0.4, -0.2) is 12.0 Å². The first-order valence-electron chi connectivity index (χ1n) is 5.68. The molecule has 0 saturated heterocycles. The fraction of sp³-hybridized carbons (Fsp3) is 0.231. The largest absolute Gasteiger partial charge is 0.369 e. The number of hydrogen-bond donors (Lipinski definition) is 0. The van der Waals surface area contributed by atoms with E-state index in [0.717, 1.165) is 17.8 Å². The van der Waals surface area contributed by atoms with Gasteiger partial charge in [-0.3, -0.25) is 10.1 Å². The van der Waals surface area contributed by atoms with Crippen molar-refractivity contribution in [3.8, 4) is 0 Å². The SMILES string of the molecule is CN(Cc1cccs1)c1ccc([N+](=O)[O-])cc1CCl. The molecule has 0 bridgehead atoms. The van der Waals surface area contributed by atoms with Crippen molar-refractivity contribution in [2.24, 2.45) is 0 Å². The van der Waals surface area contributed by atoms with Gasteiger partial charge in [0.1, 0.15) is 0 Å². The number of benzene rings is 1. The standard InChI is InChI=1S/C13H13ClN2O2S/c1-15(9-12-3-2-6-19-12)13-5-4-11(16(17)18)7-10(13)8-14/h2-7H,8-9H2,1H3. The van der Waals surface area contributed by atoms with E-state index in [9.17, 15) is 10.1 Å². The summed E-state index contributed by atoms with van der Waals surface area (Å²) in [4.78, 5) is 13.6. The third kappa shape index (κ3) is 3.24. The fourth-order valence-electron chi connectivity index (χ4n) is 1.89. The number of nitrogens with zero attached hydrogens (tertiary/aromatic N) is 2. The Hall–Kier alpha value is -1.59. The molecule has 0 aliphatic rings. The van der Waals surface area contributed by atoms with E-state index in [4.69, 9.17) is 11.6 Å². The maximum atomic E-state index is 10.8. The molecule has 1 heterocycles. The van der Waals surface area contributed by atoms with Gasteiger partial charge in [0.25, 0.3) is 5.69 Å². The van der Waals surface area contributed by atoms with Gasteiger partial charge in [-0.05, 0) is 23.1 Å². The summed E-state index contributed by atoms with van der Waals surface area (Å²) >= 11 is 7.57. The Morgan fingerprint density at radius 2 is 2.21 bits per heavy atom. The molecule has 4 nitrogen and oxygen atoms in total. The summed E-state index contributed by atoms with van der Waals surface area (Å²) in [5, 5.41) is 12.8. The minimum absolute atomic E-state index is 0.0731. The second kappa shape index (κ2) is 6.04. The molecule has 0 radical (unpaired) electrons. The molecular weight excluding hydrogens is 284 g/mol. The summed E-state index contributed by atoms with van der Waals surface area (Å²) in [6, 6.07) is 8.87. The van der Waals surface area contributed by atoms with E-state index in [1.54, 1.807) is 17.4 Å². The number of halogens is 1. The van der Waals surface area contributed by atoms with E-state index in [0.29, 0.717) is 0 Å². The average molecular weight is 297 g/mol. The van der Waals surface area contributed by atoms with E-state index in [2.05, 4.69) is 6.07 Å². The van der Waals surface area contributed by atoms with Gasteiger partial charge in [0, 0.05) is 35.6 Å². The lowest BCUT2D eigenvalue weighted by Crippen LogP contribution is -2.17. The van der Waals surface area contributed by atoms with Crippen LogP contribution in [0, 0.1) is 10.1 Å². The molecule has 1 aromatic carbocycles. The summed E-state index contributed by atoms with van der Waals surface area (Å²) in [6.07, 6.45) is 0. The monoisotopic (exact) mass is 296 g/mol. The van der Waals surface area contributed by atoms with Crippen LogP contribution in [0.25, 0.3) is 0 Å². The molecule has 1 aromatic heterocycles. The molecule has 0 spiro atoms. The van der Waals surface area contributed by atoms with E-state index >= 15 is 0 Å². The summed E-state index contributed by atoms with van der Waals surface area (Å²) < 4.78 is 0. The van der Waals surface area contributed by atoms with Crippen molar-refractivity contribution in [2.75, 3.05) is 11.9 Å². The third-order valence-electron chi connectivity index (χ3n) is 2.80. The highest BCUT2D eigenvalue weighted by Crippen LogP contribution is 2.27. The van der Waals surface area contributed by atoms with Crippen LogP contribution in [0.15, 0.2) is 35.7 Å². The summed E-state index contributed by atoms with van der Waals surface area (Å²) in [5.41, 5.74) is 1.77. The van der Waals surface area contributed by atoms with Crippen LogP contribution in [0.3, 0.4) is 0 Å². The normalized spacial score (nSPS) is 10.4. The summed E-state index contributed by atoms with van der Waals surface area (Å²) in [7, 11) is 1.96. The van der Waals surface area contributed by atoms with Gasteiger partial charge in [-0.15, -0.1) is 22.9 Å². The Labute approximate surface area is 120 Å². The summed E-state index contributed by atoms with van der Waals surface area (Å²) in [6.45, 7) is 0.763. The summed E-state index contributed by atoms with van der Waals surface area (Å²) in [5.74, 6) is 0.256. The van der Waals surface area contributed by atoms with E-state index in [1.165, 1.54) is 17.0 Å². The van der Waals surface area contributed by atoms with E-state index in [-0.39, 0.29) is 11.6 Å². The molecule has 2 aromatic rings. The van der Waals surface area contributed by atoms with Crippen molar-refractivity contribution in [3.63, 3.8) is 0 Å². The molecule has 2 rings (SSSR count). The zero-order chi connectivity index (χ0) is 13.8. The lowest BCUT2D eigenvalue weighted by atomic mass is 10.1. The number of hydrogen-bond acceptors (Lipinski definition) is 4. The predicted octanol–water partition coefficient (Wildman–Crippen LogP) is 4.03. The minimum Gasteiger partial charge on any atom is -0.369 e. The number of nitro groups is 1. The minimum atomic E-state index is -0.404. The van der Waals surface area contributed by atoms with Gasteiger partial charge in [0.2, 0.25) is 0 Å². The molecule has 19 heavy (non-hydrogen) atoms. The molecule has 0 aliphatic heterocycles. The Morgan fingerprint density at radius 3 is 2.79 bits per heavy atom. The number of non-ortho nitro benzene ring substituents is 1. The van der Waals surface area contributed by atoms with Crippen molar-refractivity contribution >= 4 is 34.3 Å². The Morgan fingerprint density at radius 1 is 1.42 bits per heavy atom. The van der Waals surface area contributed by atoms with Crippen LogP contribution in [0.5, 0.6) is 0 Å². The van der Waals surface area contributed by atoms with Crippen LogP contribution in [0.4, 0.5) is 11.4 Å².